The van der Waals surface area contributed by atoms with E-state index in [9.17, 15) is 17.6 Å². The van der Waals surface area contributed by atoms with Crippen LogP contribution in [-0.4, -0.2) is 16.7 Å². The average Bonchev–Trinajstić information content (AvgIpc) is 2.08. The van der Waals surface area contributed by atoms with E-state index in [1.807, 2.05) is 0 Å². The summed E-state index contributed by atoms with van der Waals surface area (Å²) in [7, 11) is 0. The van der Waals surface area contributed by atoms with Crippen molar-refractivity contribution in [3.05, 3.63) is 23.4 Å². The Morgan fingerprint density at radius 2 is 2.00 bits per heavy atom. The van der Waals surface area contributed by atoms with Crippen LogP contribution in [0.1, 0.15) is 0 Å². The highest BCUT2D eigenvalue weighted by molar-refractivity contribution is 8.00. The maximum absolute atomic E-state index is 12.5. The third kappa shape index (κ3) is 3.02. The van der Waals surface area contributed by atoms with Crippen molar-refractivity contribution in [2.75, 3.05) is 0 Å². The largest absolute Gasteiger partial charge is 0.359 e. The SMILES string of the molecule is FC(F)C(F)(F)Sc1ccc(Cl)cn1. The first kappa shape index (κ1) is 11.6. The molecule has 0 saturated carbocycles. The molecule has 0 radical (unpaired) electrons. The summed E-state index contributed by atoms with van der Waals surface area (Å²) in [5.41, 5.74) is 0. The van der Waals surface area contributed by atoms with Gasteiger partial charge in [-0.2, -0.15) is 8.78 Å². The maximum Gasteiger partial charge on any atom is 0.359 e. The predicted molar refractivity (Wildman–Crippen MR) is 46.1 cm³/mol. The fraction of sp³-hybridized carbons (Fsp3) is 0.286. The molecule has 1 aromatic heterocycles. The van der Waals surface area contributed by atoms with E-state index in [4.69, 9.17) is 11.6 Å². The van der Waals surface area contributed by atoms with Gasteiger partial charge in [-0.05, 0) is 23.9 Å². The van der Waals surface area contributed by atoms with E-state index >= 15 is 0 Å². The van der Waals surface area contributed by atoms with Gasteiger partial charge in [-0.25, -0.2) is 13.8 Å². The summed E-state index contributed by atoms with van der Waals surface area (Å²) < 4.78 is 48.5. The third-order valence-corrected chi connectivity index (χ3v) is 2.32. The van der Waals surface area contributed by atoms with Crippen molar-refractivity contribution in [1.29, 1.82) is 0 Å². The smallest absolute Gasteiger partial charge is 0.248 e. The molecule has 0 N–H and O–H groups in total. The molecule has 14 heavy (non-hydrogen) atoms. The fourth-order valence-corrected chi connectivity index (χ4v) is 1.33. The molecule has 0 aromatic carbocycles. The number of pyridine rings is 1. The first-order valence-electron chi connectivity index (χ1n) is 3.38. The topological polar surface area (TPSA) is 12.9 Å². The summed E-state index contributed by atoms with van der Waals surface area (Å²) in [6.07, 6.45) is -2.60. The standard InChI is InChI=1S/C7H4ClF4NS/c8-4-1-2-5(13-3-4)14-7(11,12)6(9)10/h1-3,6H. The molecule has 0 aliphatic rings. The molecular weight excluding hydrogens is 242 g/mol. The van der Waals surface area contributed by atoms with Crippen molar-refractivity contribution in [3.8, 4) is 0 Å². The number of rotatable bonds is 3. The van der Waals surface area contributed by atoms with E-state index in [0.717, 1.165) is 12.3 Å². The van der Waals surface area contributed by atoms with Gasteiger partial charge in [0.25, 0.3) is 0 Å². The van der Waals surface area contributed by atoms with E-state index in [0.29, 0.717) is 0 Å². The molecule has 7 heteroatoms. The molecule has 1 aromatic rings. The second-order valence-corrected chi connectivity index (χ2v) is 3.88. The Bertz CT molecular complexity index is 303. The van der Waals surface area contributed by atoms with Gasteiger partial charge in [-0.3, -0.25) is 0 Å². The zero-order valence-electron chi connectivity index (χ0n) is 6.55. The quantitative estimate of drug-likeness (QED) is 0.595. The molecule has 1 nitrogen and oxygen atoms in total. The van der Waals surface area contributed by atoms with E-state index in [1.165, 1.54) is 6.07 Å². The summed E-state index contributed by atoms with van der Waals surface area (Å²) in [5.74, 6) is 0. The highest BCUT2D eigenvalue weighted by Crippen LogP contribution is 2.39. The molecular formula is C7H4ClF4NS. The van der Waals surface area contributed by atoms with Crippen molar-refractivity contribution in [2.24, 2.45) is 0 Å². The van der Waals surface area contributed by atoms with Crippen LogP contribution < -0.4 is 0 Å². The van der Waals surface area contributed by atoms with Crippen molar-refractivity contribution < 1.29 is 17.6 Å². The second-order valence-electron chi connectivity index (χ2n) is 2.28. The van der Waals surface area contributed by atoms with Gasteiger partial charge in [0.2, 0.25) is 0 Å². The lowest BCUT2D eigenvalue weighted by atomic mass is 10.5. The zero-order valence-corrected chi connectivity index (χ0v) is 8.13. The molecule has 0 saturated heterocycles. The van der Waals surface area contributed by atoms with Crippen molar-refractivity contribution in [1.82, 2.24) is 4.98 Å². The van der Waals surface area contributed by atoms with Crippen LogP contribution in [0, 0.1) is 0 Å². The van der Waals surface area contributed by atoms with Gasteiger partial charge >= 0.3 is 11.7 Å². The lowest BCUT2D eigenvalue weighted by Crippen LogP contribution is -2.21. The number of halogens is 5. The second kappa shape index (κ2) is 4.35. The lowest BCUT2D eigenvalue weighted by Gasteiger charge is -2.13. The molecule has 0 fully saturated rings. The Hall–Kier alpha value is -0.490. The minimum atomic E-state index is -4.12. The average molecular weight is 246 g/mol. The zero-order chi connectivity index (χ0) is 10.8. The van der Waals surface area contributed by atoms with E-state index in [2.05, 4.69) is 4.98 Å². The van der Waals surface area contributed by atoms with Gasteiger partial charge in [0, 0.05) is 6.20 Å². The van der Waals surface area contributed by atoms with Crippen LogP contribution in [-0.2, 0) is 0 Å². The van der Waals surface area contributed by atoms with Gasteiger partial charge in [0.05, 0.1) is 5.02 Å². The molecule has 1 rings (SSSR count). The van der Waals surface area contributed by atoms with Gasteiger partial charge in [-0.15, -0.1) is 0 Å². The summed E-state index contributed by atoms with van der Waals surface area (Å²) in [6.45, 7) is 0. The number of thioether (sulfide) groups is 1. The normalized spacial score (nSPS) is 12.1. The monoisotopic (exact) mass is 245 g/mol. The minimum absolute atomic E-state index is 0.195. The van der Waals surface area contributed by atoms with Crippen molar-refractivity contribution in [2.45, 2.75) is 16.7 Å². The van der Waals surface area contributed by atoms with Crippen LogP contribution in [0.2, 0.25) is 5.02 Å². The molecule has 0 spiro atoms. The molecule has 0 aliphatic carbocycles. The Morgan fingerprint density at radius 1 is 1.36 bits per heavy atom. The Morgan fingerprint density at radius 3 is 2.43 bits per heavy atom. The van der Waals surface area contributed by atoms with Crippen molar-refractivity contribution in [3.63, 3.8) is 0 Å². The molecule has 0 unspecified atom stereocenters. The van der Waals surface area contributed by atoms with Gasteiger partial charge in [0.15, 0.2) is 0 Å². The predicted octanol–water partition coefficient (Wildman–Crippen LogP) is 3.69. The summed E-state index contributed by atoms with van der Waals surface area (Å²) in [5, 5.41) is -4.06. The molecule has 0 aliphatic heterocycles. The van der Waals surface area contributed by atoms with E-state index in [-0.39, 0.29) is 21.8 Å². The van der Waals surface area contributed by atoms with Gasteiger partial charge < -0.3 is 0 Å². The minimum Gasteiger partial charge on any atom is -0.248 e. The van der Waals surface area contributed by atoms with Crippen LogP contribution >= 0.6 is 23.4 Å². The first-order valence-corrected chi connectivity index (χ1v) is 4.58. The van der Waals surface area contributed by atoms with Gasteiger partial charge in [-0.1, -0.05) is 11.6 Å². The number of alkyl halides is 4. The number of nitrogens with zero attached hydrogens (tertiary/aromatic N) is 1. The van der Waals surface area contributed by atoms with Crippen LogP contribution in [0.15, 0.2) is 23.4 Å². The number of aromatic nitrogens is 1. The Kier molecular flexibility index (Phi) is 3.60. The van der Waals surface area contributed by atoms with E-state index in [1.54, 1.807) is 0 Å². The van der Waals surface area contributed by atoms with Gasteiger partial charge in [0.1, 0.15) is 5.03 Å². The number of hydrogen-bond donors (Lipinski definition) is 0. The lowest BCUT2D eigenvalue weighted by molar-refractivity contribution is -0.0564. The molecule has 78 valence electrons. The molecule has 0 amide bonds. The number of hydrogen-bond acceptors (Lipinski definition) is 2. The molecule has 0 atom stereocenters. The van der Waals surface area contributed by atoms with Crippen LogP contribution in [0.4, 0.5) is 17.6 Å². The Labute approximate surface area is 86.5 Å². The summed E-state index contributed by atoms with van der Waals surface area (Å²) >= 11 is 5.15. The van der Waals surface area contributed by atoms with Crippen LogP contribution in [0.25, 0.3) is 0 Å². The Balaban J connectivity index is 2.74. The van der Waals surface area contributed by atoms with E-state index < -0.39 is 11.7 Å². The van der Waals surface area contributed by atoms with Crippen LogP contribution in [0.5, 0.6) is 0 Å². The highest BCUT2D eigenvalue weighted by Gasteiger charge is 2.42. The third-order valence-electron chi connectivity index (χ3n) is 1.19. The van der Waals surface area contributed by atoms with Crippen molar-refractivity contribution >= 4 is 23.4 Å². The first-order chi connectivity index (χ1) is 6.42. The highest BCUT2D eigenvalue weighted by atomic mass is 35.5. The summed E-state index contributed by atoms with van der Waals surface area (Å²) in [4.78, 5) is 3.46. The molecule has 1 heterocycles. The van der Waals surface area contributed by atoms with Crippen LogP contribution in [0.3, 0.4) is 0 Å². The molecule has 0 bridgehead atoms. The summed E-state index contributed by atoms with van der Waals surface area (Å²) in [6, 6.07) is 2.46. The maximum atomic E-state index is 12.5. The fourth-order valence-electron chi connectivity index (χ4n) is 0.607.